The molecule has 0 aliphatic heterocycles. The van der Waals surface area contributed by atoms with E-state index in [-0.39, 0.29) is 18.9 Å². The molecule has 0 saturated carbocycles. The number of phosphoric acid groups is 1. The molecule has 72 heavy (non-hydrogen) atoms. The molecule has 0 aromatic heterocycles. The summed E-state index contributed by atoms with van der Waals surface area (Å²) in [6, 6.07) is -0.936. The largest absolute Gasteiger partial charge is 0.756 e. The van der Waals surface area contributed by atoms with Crippen LogP contribution in [0.3, 0.4) is 0 Å². The quantitative estimate of drug-likeness (QED) is 0.0272. The van der Waals surface area contributed by atoms with Gasteiger partial charge in [-0.15, -0.1) is 0 Å². The van der Waals surface area contributed by atoms with Crippen LogP contribution < -0.4 is 10.2 Å². The highest BCUT2D eigenvalue weighted by molar-refractivity contribution is 7.45. The lowest BCUT2D eigenvalue weighted by atomic mass is 10.1. The van der Waals surface area contributed by atoms with Crippen molar-refractivity contribution in [1.82, 2.24) is 5.32 Å². The molecule has 0 saturated heterocycles. The number of nitrogens with zero attached hydrogens (tertiary/aromatic N) is 1. The number of hydrogen-bond acceptors (Lipinski definition) is 6. The second-order valence-corrected chi connectivity index (χ2v) is 20.6. The number of rotatable bonds is 48. The van der Waals surface area contributed by atoms with Gasteiger partial charge < -0.3 is 28.8 Å². The normalized spacial score (nSPS) is 15.2. The number of aliphatic hydroxyl groups is 1. The van der Waals surface area contributed by atoms with Crippen LogP contribution in [0.5, 0.6) is 0 Å². The van der Waals surface area contributed by atoms with Gasteiger partial charge in [-0.05, 0) is 122 Å². The highest BCUT2D eigenvalue weighted by Gasteiger charge is 2.23. The van der Waals surface area contributed by atoms with Gasteiger partial charge in [0.2, 0.25) is 5.91 Å². The number of quaternary nitrogens is 1. The summed E-state index contributed by atoms with van der Waals surface area (Å²) in [5, 5.41) is 13.8. The summed E-state index contributed by atoms with van der Waals surface area (Å²) in [6.45, 7) is 4.43. The number of unbranched alkanes of at least 4 members (excludes halogenated alkanes) is 11. The van der Waals surface area contributed by atoms with Crippen LogP contribution in [0.15, 0.2) is 158 Å². The van der Waals surface area contributed by atoms with Crippen molar-refractivity contribution in [2.45, 2.75) is 193 Å². The Bertz CT molecular complexity index is 1720. The molecule has 9 heteroatoms. The van der Waals surface area contributed by atoms with E-state index in [2.05, 4.69) is 165 Å². The van der Waals surface area contributed by atoms with Gasteiger partial charge in [-0.1, -0.05) is 210 Å². The van der Waals surface area contributed by atoms with Gasteiger partial charge in [0.1, 0.15) is 13.2 Å². The first kappa shape index (κ1) is 68.1. The Morgan fingerprint density at radius 1 is 0.500 bits per heavy atom. The summed E-state index contributed by atoms with van der Waals surface area (Å²) in [5.41, 5.74) is 0. The van der Waals surface area contributed by atoms with Crippen molar-refractivity contribution in [1.29, 1.82) is 0 Å². The van der Waals surface area contributed by atoms with E-state index in [1.54, 1.807) is 6.08 Å². The maximum absolute atomic E-state index is 12.9. The molecule has 0 bridgehead atoms. The summed E-state index contributed by atoms with van der Waals surface area (Å²) in [6.07, 6.45) is 81.7. The van der Waals surface area contributed by atoms with Gasteiger partial charge in [-0.2, -0.15) is 0 Å². The first-order valence-corrected chi connectivity index (χ1v) is 29.3. The van der Waals surface area contributed by atoms with Crippen molar-refractivity contribution in [3.05, 3.63) is 158 Å². The minimum absolute atomic E-state index is 0.0237. The minimum Gasteiger partial charge on any atom is -0.756 e. The van der Waals surface area contributed by atoms with E-state index in [4.69, 9.17) is 9.05 Å². The number of amides is 1. The molecule has 406 valence electrons. The van der Waals surface area contributed by atoms with Crippen LogP contribution in [0.4, 0.5) is 0 Å². The third-order valence-electron chi connectivity index (χ3n) is 11.2. The second-order valence-electron chi connectivity index (χ2n) is 19.2. The molecule has 0 radical (unpaired) electrons. The van der Waals surface area contributed by atoms with E-state index in [0.717, 1.165) is 116 Å². The maximum Gasteiger partial charge on any atom is 0.268 e. The minimum atomic E-state index is -4.63. The third-order valence-corrected chi connectivity index (χ3v) is 12.2. The van der Waals surface area contributed by atoms with Crippen molar-refractivity contribution in [2.24, 2.45) is 0 Å². The maximum atomic E-state index is 12.9. The van der Waals surface area contributed by atoms with Crippen molar-refractivity contribution < 1.29 is 32.9 Å². The molecule has 3 atom stereocenters. The van der Waals surface area contributed by atoms with Gasteiger partial charge in [-0.3, -0.25) is 9.36 Å². The molecule has 0 fully saturated rings. The molecule has 2 N–H and O–H groups in total. The van der Waals surface area contributed by atoms with E-state index in [0.29, 0.717) is 23.9 Å². The number of carbonyl (C=O) groups is 1. The Morgan fingerprint density at radius 3 is 1.28 bits per heavy atom. The number of carbonyl (C=O) groups excluding carboxylic acids is 1. The Kier molecular flexibility index (Phi) is 49.2. The van der Waals surface area contributed by atoms with Crippen LogP contribution in [-0.2, 0) is 18.4 Å². The van der Waals surface area contributed by atoms with Gasteiger partial charge >= 0.3 is 0 Å². The predicted octanol–water partition coefficient (Wildman–Crippen LogP) is 16.5. The summed E-state index contributed by atoms with van der Waals surface area (Å²) in [7, 11) is 1.19. The van der Waals surface area contributed by atoms with Crippen molar-refractivity contribution in [3.63, 3.8) is 0 Å². The van der Waals surface area contributed by atoms with Crippen molar-refractivity contribution in [2.75, 3.05) is 40.9 Å². The number of allylic oxidation sites excluding steroid dienone is 25. The Hall–Kier alpha value is -3.88. The van der Waals surface area contributed by atoms with E-state index in [1.807, 2.05) is 27.2 Å². The second kappa shape index (κ2) is 52.0. The molecule has 0 aromatic rings. The smallest absolute Gasteiger partial charge is 0.268 e. The predicted molar refractivity (Wildman–Crippen MR) is 311 cm³/mol. The highest BCUT2D eigenvalue weighted by Crippen LogP contribution is 2.38. The van der Waals surface area contributed by atoms with Crippen molar-refractivity contribution in [3.8, 4) is 0 Å². The third kappa shape index (κ3) is 53.9. The summed E-state index contributed by atoms with van der Waals surface area (Å²) >= 11 is 0. The van der Waals surface area contributed by atoms with Gasteiger partial charge in [0.25, 0.3) is 7.82 Å². The van der Waals surface area contributed by atoms with Crippen molar-refractivity contribution >= 4 is 13.7 Å². The summed E-state index contributed by atoms with van der Waals surface area (Å²) in [4.78, 5) is 25.4. The lowest BCUT2D eigenvalue weighted by Crippen LogP contribution is -2.45. The summed E-state index contributed by atoms with van der Waals surface area (Å²) in [5.74, 6) is -0.244. The highest BCUT2D eigenvalue weighted by atomic mass is 31.2. The van der Waals surface area contributed by atoms with Crippen LogP contribution >= 0.6 is 7.82 Å². The zero-order chi connectivity index (χ0) is 52.7. The Morgan fingerprint density at radius 2 is 0.861 bits per heavy atom. The van der Waals surface area contributed by atoms with Gasteiger partial charge in [0, 0.05) is 6.42 Å². The van der Waals surface area contributed by atoms with Gasteiger partial charge in [0.15, 0.2) is 0 Å². The molecule has 1 amide bonds. The van der Waals surface area contributed by atoms with E-state index in [9.17, 15) is 19.4 Å². The van der Waals surface area contributed by atoms with Gasteiger partial charge in [-0.25, -0.2) is 0 Å². The van der Waals surface area contributed by atoms with E-state index < -0.39 is 26.6 Å². The SMILES string of the molecule is CC/C=C\C/C=C\C/C=C\C/C=C\C/C=C\C/C=C\C/C=C\C/C=C\C/C=C\C/C=C\CCCCCCC(=O)NC(COP(=O)([O-])OCC[N+](C)(C)C)C(O)/C=C/CC/C=C/CC/C=C/CCCCCCC. The molecular formula is C63H103N2O6P. The van der Waals surface area contributed by atoms with Crippen LogP contribution in [0.2, 0.25) is 0 Å². The fourth-order valence-corrected chi connectivity index (χ4v) is 7.58. The number of hydrogen-bond donors (Lipinski definition) is 2. The number of nitrogens with one attached hydrogen (secondary N) is 1. The molecule has 3 unspecified atom stereocenters. The molecule has 0 heterocycles. The summed E-state index contributed by atoms with van der Waals surface area (Å²) < 4.78 is 23.2. The average molecular weight is 1020 g/mol. The zero-order valence-corrected chi connectivity index (χ0v) is 46.9. The fraction of sp³-hybridized carbons (Fsp3) is 0.571. The van der Waals surface area contributed by atoms with Crippen LogP contribution in [-0.4, -0.2) is 68.5 Å². The standard InChI is InChI=1S/C63H103N2O6P/c1-6-8-10-12-14-16-18-20-22-23-24-25-26-27-28-29-30-31-32-33-34-35-36-37-38-39-40-41-43-45-47-49-51-53-55-57-63(67)64-61(60-71-72(68,69)70-59-58-65(3,4)5)62(66)56-54-52-50-48-46-44-42-21-19-17-15-13-11-9-7-2/h8,10,14,16,19-22,24-25,27-28,30-31,33-34,36-37,39-40,43,45-46,48,54,56,61-62,66H,6-7,9,11-13,15,17-18,23,26,29,32,35,38,41-42,44,47,49-53,55,57-60H2,1-5H3,(H-,64,67,68,69)/b10-8-,16-14-,21-19+,22-20-,25-24-,28-27-,31-30-,34-33-,37-36-,40-39-,45-43-,48-46+,56-54+. The molecular weight excluding hydrogens is 912 g/mol. The number of aliphatic hydroxyl groups excluding tert-OH is 1. The van der Waals surface area contributed by atoms with Gasteiger partial charge in [0.05, 0.1) is 39.9 Å². The first-order valence-electron chi connectivity index (χ1n) is 27.8. The Balaban J connectivity index is 4.33. The van der Waals surface area contributed by atoms with E-state index >= 15 is 0 Å². The molecule has 0 aromatic carbocycles. The lowest BCUT2D eigenvalue weighted by Gasteiger charge is -2.29. The lowest BCUT2D eigenvalue weighted by molar-refractivity contribution is -0.870. The molecule has 8 nitrogen and oxygen atoms in total. The number of likely N-dealkylation sites (N-methyl/N-ethyl adjacent to an activating group) is 1. The van der Waals surface area contributed by atoms with Crippen LogP contribution in [0.25, 0.3) is 0 Å². The van der Waals surface area contributed by atoms with Crippen LogP contribution in [0.1, 0.15) is 181 Å². The number of phosphoric ester groups is 1. The molecule has 0 spiro atoms. The van der Waals surface area contributed by atoms with E-state index in [1.165, 1.54) is 32.1 Å². The Labute approximate surface area is 441 Å². The molecule has 0 aliphatic carbocycles. The fourth-order valence-electron chi connectivity index (χ4n) is 6.86. The molecule has 0 aliphatic rings. The first-order chi connectivity index (χ1) is 35.0. The van der Waals surface area contributed by atoms with Crippen LogP contribution in [0, 0.1) is 0 Å². The monoisotopic (exact) mass is 1010 g/mol. The average Bonchev–Trinajstić information content (AvgIpc) is 3.34. The molecule has 0 rings (SSSR count). The topological polar surface area (TPSA) is 108 Å². The zero-order valence-electron chi connectivity index (χ0n) is 46.1.